The van der Waals surface area contributed by atoms with Crippen LogP contribution in [-0.4, -0.2) is 96.7 Å². The molecule has 0 aromatic heterocycles. The van der Waals surface area contributed by atoms with Crippen molar-refractivity contribution in [2.24, 2.45) is 17.8 Å². The average molecular weight is 1280 g/mol. The van der Waals surface area contributed by atoms with E-state index in [4.69, 9.17) is 37.0 Å². The fourth-order valence-electron chi connectivity index (χ4n) is 10.1. The van der Waals surface area contributed by atoms with Crippen molar-refractivity contribution in [2.45, 2.75) is 356 Å². The number of ether oxygens (including phenoxy) is 4. The average Bonchev–Trinajstić information content (AvgIpc) is 3.49. The Bertz CT molecular complexity index is 1720. The minimum atomic E-state index is -4.95. The standard InChI is InChI=1S/C68H132O17P2/c1-8-11-12-32-42-49-65(70)78-55-63(84-68(73)52-45-38-31-25-24-28-35-41-48-61(7)10-3)57-82-86(74,75)80-53-62(69)54-81-87(76,77)83-58-64(56-79-66(71)50-43-36-29-23-19-20-26-33-39-46-59(4)5)85-67(72)51-44-37-30-22-18-16-14-13-15-17-21-27-34-40-47-60(6)9-2/h59-64,69H,8-58H2,1-7H3,(H,74,75)(H,76,77)/t60?,61?,62-,63+,64+/m0/s1. The number of carbonyl (C=O) groups is 4. The fourth-order valence-corrected chi connectivity index (χ4v) is 11.7. The van der Waals surface area contributed by atoms with Crippen LogP contribution < -0.4 is 0 Å². The van der Waals surface area contributed by atoms with E-state index in [-0.39, 0.29) is 25.7 Å². The number of carbonyl (C=O) groups excluding carboxylic acids is 4. The normalized spacial score (nSPS) is 14.9. The third kappa shape index (κ3) is 60.1. The SMILES string of the molecule is CCCCCCCC(=O)OC[C@H](COP(=O)(O)OC[C@H](O)COP(=O)(O)OC[C@@H](COC(=O)CCCCCCCCCCCC(C)C)OC(=O)CCCCCCCCCCCCCCCCC(C)CC)OC(=O)CCCCCCCCCCC(C)CC. The zero-order valence-corrected chi connectivity index (χ0v) is 58.3. The van der Waals surface area contributed by atoms with Crippen molar-refractivity contribution in [3.05, 3.63) is 0 Å². The second-order valence-electron chi connectivity index (χ2n) is 25.5. The molecule has 19 heteroatoms. The van der Waals surface area contributed by atoms with E-state index >= 15 is 0 Å². The molecule has 17 nitrogen and oxygen atoms in total. The van der Waals surface area contributed by atoms with E-state index in [1.165, 1.54) is 141 Å². The van der Waals surface area contributed by atoms with Crippen LogP contribution in [0.15, 0.2) is 0 Å². The summed E-state index contributed by atoms with van der Waals surface area (Å²) in [5, 5.41) is 10.5. The summed E-state index contributed by atoms with van der Waals surface area (Å²) in [6.07, 6.45) is 42.0. The zero-order valence-electron chi connectivity index (χ0n) is 56.5. The van der Waals surface area contributed by atoms with E-state index in [0.717, 1.165) is 114 Å². The van der Waals surface area contributed by atoms with E-state index < -0.39 is 97.5 Å². The van der Waals surface area contributed by atoms with Gasteiger partial charge in [-0.3, -0.25) is 37.3 Å². The largest absolute Gasteiger partial charge is 0.472 e. The highest BCUT2D eigenvalue weighted by Crippen LogP contribution is 2.45. The molecule has 0 bridgehead atoms. The number of hydrogen-bond acceptors (Lipinski definition) is 15. The predicted molar refractivity (Wildman–Crippen MR) is 349 cm³/mol. The van der Waals surface area contributed by atoms with Crippen LogP contribution >= 0.6 is 15.6 Å². The Morgan fingerprint density at radius 3 is 0.874 bits per heavy atom. The number of aliphatic hydroxyl groups is 1. The molecule has 0 aromatic rings. The molecule has 0 amide bonds. The predicted octanol–water partition coefficient (Wildman–Crippen LogP) is 19.1. The number of phosphoric acid groups is 2. The Morgan fingerprint density at radius 1 is 0.333 bits per heavy atom. The van der Waals surface area contributed by atoms with Gasteiger partial charge in [0.1, 0.15) is 19.3 Å². The third-order valence-electron chi connectivity index (χ3n) is 16.4. The van der Waals surface area contributed by atoms with Crippen molar-refractivity contribution in [3.63, 3.8) is 0 Å². The van der Waals surface area contributed by atoms with Crippen LogP contribution in [0.4, 0.5) is 0 Å². The lowest BCUT2D eigenvalue weighted by atomic mass is 9.99. The summed E-state index contributed by atoms with van der Waals surface area (Å²) in [6, 6.07) is 0. The zero-order chi connectivity index (χ0) is 64.5. The highest BCUT2D eigenvalue weighted by atomic mass is 31.2. The summed E-state index contributed by atoms with van der Waals surface area (Å²) >= 11 is 0. The van der Waals surface area contributed by atoms with E-state index in [1.807, 2.05) is 0 Å². The first-order valence-electron chi connectivity index (χ1n) is 35.4. The van der Waals surface area contributed by atoms with Crippen molar-refractivity contribution in [2.75, 3.05) is 39.6 Å². The first-order valence-corrected chi connectivity index (χ1v) is 38.4. The number of aliphatic hydroxyl groups excluding tert-OH is 1. The van der Waals surface area contributed by atoms with Crippen LogP contribution in [-0.2, 0) is 65.4 Å². The number of unbranched alkanes of at least 4 members (excludes halogenated alkanes) is 32. The molecule has 4 unspecified atom stereocenters. The molecule has 0 aliphatic rings. The maximum absolute atomic E-state index is 13.0. The van der Waals surface area contributed by atoms with Gasteiger partial charge in [-0.25, -0.2) is 9.13 Å². The summed E-state index contributed by atoms with van der Waals surface area (Å²) < 4.78 is 68.0. The van der Waals surface area contributed by atoms with Gasteiger partial charge >= 0.3 is 39.5 Å². The van der Waals surface area contributed by atoms with Crippen LogP contribution in [0.5, 0.6) is 0 Å². The topological polar surface area (TPSA) is 237 Å². The summed E-state index contributed by atoms with van der Waals surface area (Å²) in [7, 11) is -9.89. The lowest BCUT2D eigenvalue weighted by molar-refractivity contribution is -0.161. The molecule has 7 atom stereocenters. The van der Waals surface area contributed by atoms with Gasteiger partial charge in [0.05, 0.1) is 26.4 Å². The Balaban J connectivity index is 5.16. The second kappa shape index (κ2) is 59.1. The molecule has 0 rings (SSSR count). The summed E-state index contributed by atoms with van der Waals surface area (Å²) in [4.78, 5) is 72.2. The molecular weight excluding hydrogens is 1150 g/mol. The molecule has 0 aliphatic heterocycles. The first kappa shape index (κ1) is 85.1. The van der Waals surface area contributed by atoms with E-state index in [2.05, 4.69) is 48.5 Å². The lowest BCUT2D eigenvalue weighted by Gasteiger charge is -2.21. The van der Waals surface area contributed by atoms with Crippen molar-refractivity contribution >= 4 is 39.5 Å². The van der Waals surface area contributed by atoms with Crippen molar-refractivity contribution < 1.29 is 80.2 Å². The Hall–Kier alpha value is -1.94. The van der Waals surface area contributed by atoms with Gasteiger partial charge in [0, 0.05) is 25.7 Å². The maximum atomic E-state index is 13.0. The smallest absolute Gasteiger partial charge is 0.462 e. The van der Waals surface area contributed by atoms with Crippen LogP contribution in [0.2, 0.25) is 0 Å². The van der Waals surface area contributed by atoms with E-state index in [1.54, 1.807) is 0 Å². The van der Waals surface area contributed by atoms with Crippen LogP contribution in [0.3, 0.4) is 0 Å². The monoisotopic (exact) mass is 1280 g/mol. The minimum absolute atomic E-state index is 0.104. The molecule has 516 valence electrons. The van der Waals surface area contributed by atoms with Crippen molar-refractivity contribution in [1.29, 1.82) is 0 Å². The minimum Gasteiger partial charge on any atom is -0.462 e. The van der Waals surface area contributed by atoms with Gasteiger partial charge in [-0.05, 0) is 43.4 Å². The maximum Gasteiger partial charge on any atom is 0.472 e. The first-order chi connectivity index (χ1) is 41.8. The van der Waals surface area contributed by atoms with E-state index in [9.17, 15) is 43.2 Å². The van der Waals surface area contributed by atoms with E-state index in [0.29, 0.717) is 25.7 Å². The summed E-state index contributed by atoms with van der Waals surface area (Å²) in [5.41, 5.74) is 0. The van der Waals surface area contributed by atoms with Gasteiger partial charge in [-0.1, -0.05) is 286 Å². The quantitative estimate of drug-likeness (QED) is 0.0222. The van der Waals surface area contributed by atoms with Crippen molar-refractivity contribution in [3.8, 4) is 0 Å². The molecule has 0 aromatic carbocycles. The number of esters is 4. The molecule has 87 heavy (non-hydrogen) atoms. The highest BCUT2D eigenvalue weighted by Gasteiger charge is 2.30. The molecule has 0 fully saturated rings. The molecule has 0 saturated heterocycles. The Morgan fingerprint density at radius 2 is 0.586 bits per heavy atom. The van der Waals surface area contributed by atoms with Gasteiger partial charge in [-0.15, -0.1) is 0 Å². The lowest BCUT2D eigenvalue weighted by Crippen LogP contribution is -2.30. The molecule has 0 spiro atoms. The molecule has 0 heterocycles. The molecule has 3 N–H and O–H groups in total. The number of rotatable bonds is 66. The third-order valence-corrected chi connectivity index (χ3v) is 18.3. The molecule has 0 radical (unpaired) electrons. The highest BCUT2D eigenvalue weighted by molar-refractivity contribution is 7.47. The van der Waals surface area contributed by atoms with Crippen LogP contribution in [0, 0.1) is 17.8 Å². The van der Waals surface area contributed by atoms with Crippen molar-refractivity contribution in [1.82, 2.24) is 0 Å². The summed E-state index contributed by atoms with van der Waals surface area (Å²) in [5.74, 6) is 0.218. The second-order valence-corrected chi connectivity index (χ2v) is 28.4. The van der Waals surface area contributed by atoms with Gasteiger partial charge < -0.3 is 33.8 Å². The van der Waals surface area contributed by atoms with Gasteiger partial charge in [-0.2, -0.15) is 0 Å². The Kier molecular flexibility index (Phi) is 57.8. The fraction of sp³-hybridized carbons (Fsp3) is 0.941. The van der Waals surface area contributed by atoms with Crippen LogP contribution in [0.25, 0.3) is 0 Å². The van der Waals surface area contributed by atoms with Gasteiger partial charge in [0.15, 0.2) is 12.2 Å². The van der Waals surface area contributed by atoms with Gasteiger partial charge in [0.25, 0.3) is 0 Å². The number of hydrogen-bond donors (Lipinski definition) is 3. The Labute approximate surface area is 530 Å². The number of phosphoric ester groups is 2. The summed E-state index contributed by atoms with van der Waals surface area (Å²) in [6.45, 7) is 11.8. The van der Waals surface area contributed by atoms with Crippen LogP contribution in [0.1, 0.15) is 337 Å². The molecule has 0 saturated carbocycles. The van der Waals surface area contributed by atoms with Gasteiger partial charge in [0.2, 0.25) is 0 Å². The molecule has 0 aliphatic carbocycles. The molecular formula is C68H132O17P2.